The highest BCUT2D eigenvalue weighted by molar-refractivity contribution is 6.00. The normalized spacial score (nSPS) is 15.7. The fraction of sp³-hybridized carbons (Fsp3) is 0.349. The van der Waals surface area contributed by atoms with Crippen LogP contribution in [0.25, 0.3) is 44.5 Å². The molecular weight excluding hydrogens is 693 g/mol. The van der Waals surface area contributed by atoms with Gasteiger partial charge >= 0.3 is 5.69 Å². The zero-order valence-corrected chi connectivity index (χ0v) is 31.1. The van der Waals surface area contributed by atoms with Crippen LogP contribution in [-0.2, 0) is 36.0 Å². The van der Waals surface area contributed by atoms with Gasteiger partial charge in [-0.2, -0.15) is 0 Å². The lowest BCUT2D eigenvalue weighted by atomic mass is 10.0. The molecule has 2 aromatic carbocycles. The van der Waals surface area contributed by atoms with Crippen molar-refractivity contribution in [3.05, 3.63) is 106 Å². The van der Waals surface area contributed by atoms with E-state index in [1.54, 1.807) is 17.8 Å². The van der Waals surface area contributed by atoms with Crippen LogP contribution in [0.2, 0.25) is 0 Å². The number of imidazole rings is 1. The maximum absolute atomic E-state index is 13.0. The van der Waals surface area contributed by atoms with Gasteiger partial charge in [0.05, 0.1) is 27.8 Å². The van der Waals surface area contributed by atoms with Crippen LogP contribution in [0.15, 0.2) is 77.9 Å². The van der Waals surface area contributed by atoms with Gasteiger partial charge in [0.15, 0.2) is 0 Å². The smallest absolute Gasteiger partial charge is 0.329 e. The molecule has 0 aliphatic carbocycles. The topological polar surface area (TPSA) is 156 Å². The third-order valence-electron chi connectivity index (χ3n) is 11.0. The number of hydrogen-bond donors (Lipinski definition) is 4. The van der Waals surface area contributed by atoms with Crippen molar-refractivity contribution in [2.45, 2.75) is 76.8 Å². The Kier molecular flexibility index (Phi) is 10.4. The highest BCUT2D eigenvalue weighted by Crippen LogP contribution is 2.29. The second-order valence-corrected chi connectivity index (χ2v) is 14.8. The van der Waals surface area contributed by atoms with Gasteiger partial charge in [-0.3, -0.25) is 38.8 Å². The lowest BCUT2D eigenvalue weighted by Gasteiger charge is -2.21. The van der Waals surface area contributed by atoms with Crippen molar-refractivity contribution < 1.29 is 14.4 Å². The molecule has 12 nitrogen and oxygen atoms in total. The molecule has 1 atom stereocenters. The number of aromatic nitrogens is 5. The van der Waals surface area contributed by atoms with Gasteiger partial charge in [0, 0.05) is 73.3 Å². The van der Waals surface area contributed by atoms with E-state index >= 15 is 0 Å². The molecule has 2 aliphatic rings. The van der Waals surface area contributed by atoms with Crippen LogP contribution < -0.4 is 21.6 Å². The summed E-state index contributed by atoms with van der Waals surface area (Å²) < 4.78 is 3.13. The number of amides is 3. The van der Waals surface area contributed by atoms with Gasteiger partial charge in [-0.25, -0.2) is 4.79 Å². The molecular formula is C43H46N8O4. The molecule has 6 aromatic rings. The standard InChI is InChI=1S/C43H46N8O4/c1-50-39-21-27(10-12-37(39)51(43(50)55)38-13-14-40(52)49-42(38)54)8-6-4-2-3-5-7-17-44-25-28-9-11-29-22-31(26-47-34(29)20-28)35-23-30(15-18-45-35)36-24-32-33(48-36)16-19-46-41(32)53/h9-12,15,18,20-24,26,38,44,48H,2-8,13-14,16-17,19,25H2,1H3,(H,46,53)(H,49,52,54). The van der Waals surface area contributed by atoms with Gasteiger partial charge in [-0.1, -0.05) is 43.9 Å². The Morgan fingerprint density at radius 3 is 2.51 bits per heavy atom. The summed E-state index contributed by atoms with van der Waals surface area (Å²) in [7, 11) is 1.74. The summed E-state index contributed by atoms with van der Waals surface area (Å²) >= 11 is 0. The molecule has 4 N–H and O–H groups in total. The van der Waals surface area contributed by atoms with Crippen LogP contribution in [0.4, 0.5) is 0 Å². The number of aryl methyl sites for hydroxylation is 2. The number of H-pyrrole nitrogens is 1. The van der Waals surface area contributed by atoms with Crippen LogP contribution in [0.3, 0.4) is 0 Å². The summed E-state index contributed by atoms with van der Waals surface area (Å²) in [6.45, 7) is 2.42. The molecule has 1 saturated heterocycles. The molecule has 12 heteroatoms. The van der Waals surface area contributed by atoms with E-state index in [2.05, 4.69) is 62.3 Å². The number of hydrogen-bond acceptors (Lipinski definition) is 7. The Labute approximate surface area is 318 Å². The van der Waals surface area contributed by atoms with Crippen molar-refractivity contribution in [3.8, 4) is 22.5 Å². The van der Waals surface area contributed by atoms with E-state index in [9.17, 15) is 19.2 Å². The predicted molar refractivity (Wildman–Crippen MR) is 213 cm³/mol. The number of aromatic amines is 1. The maximum atomic E-state index is 13.0. The van der Waals surface area contributed by atoms with E-state index in [4.69, 9.17) is 4.98 Å². The number of carbonyl (C=O) groups excluding carboxylic acids is 3. The second-order valence-electron chi connectivity index (χ2n) is 14.8. The molecule has 4 aromatic heterocycles. The van der Waals surface area contributed by atoms with Crippen LogP contribution in [0, 0.1) is 0 Å². The number of unbranched alkanes of at least 4 members (excludes halogenated alkanes) is 5. The van der Waals surface area contributed by atoms with E-state index in [1.807, 2.05) is 30.5 Å². The number of pyridine rings is 2. The fourth-order valence-corrected chi connectivity index (χ4v) is 7.94. The Balaban J connectivity index is 0.757. The minimum Gasteiger partial charge on any atom is -0.358 e. The van der Waals surface area contributed by atoms with E-state index in [0.717, 1.165) is 95.3 Å². The first-order valence-electron chi connectivity index (χ1n) is 19.4. The molecule has 0 saturated carbocycles. The minimum atomic E-state index is -0.661. The highest BCUT2D eigenvalue weighted by atomic mass is 16.2. The number of fused-ring (bicyclic) bond motifs is 3. The summed E-state index contributed by atoms with van der Waals surface area (Å²) in [5, 5.41) is 9.92. The second kappa shape index (κ2) is 15.8. The summed E-state index contributed by atoms with van der Waals surface area (Å²) in [5.41, 5.74) is 10.0. The number of carbonyl (C=O) groups is 3. The van der Waals surface area contributed by atoms with Gasteiger partial charge in [-0.05, 0) is 85.8 Å². The Morgan fingerprint density at radius 2 is 1.65 bits per heavy atom. The largest absolute Gasteiger partial charge is 0.358 e. The van der Waals surface area contributed by atoms with Crippen molar-refractivity contribution in [1.82, 2.24) is 40.0 Å². The number of imide groups is 1. The summed E-state index contributed by atoms with van der Waals surface area (Å²) in [4.78, 5) is 62.2. The van der Waals surface area contributed by atoms with E-state index in [-0.39, 0.29) is 23.9 Å². The third-order valence-corrected chi connectivity index (χ3v) is 11.0. The average molecular weight is 739 g/mol. The van der Waals surface area contributed by atoms with Gasteiger partial charge in [0.2, 0.25) is 11.8 Å². The van der Waals surface area contributed by atoms with Gasteiger partial charge in [0.1, 0.15) is 6.04 Å². The number of benzene rings is 2. The summed E-state index contributed by atoms with van der Waals surface area (Å²) in [5.74, 6) is -0.728. The lowest BCUT2D eigenvalue weighted by Crippen LogP contribution is -2.44. The Hall–Kier alpha value is -5.88. The van der Waals surface area contributed by atoms with Crippen molar-refractivity contribution in [2.75, 3.05) is 13.1 Å². The van der Waals surface area contributed by atoms with Crippen molar-refractivity contribution in [3.63, 3.8) is 0 Å². The first kappa shape index (κ1) is 36.1. The quantitative estimate of drug-likeness (QED) is 0.0804. The maximum Gasteiger partial charge on any atom is 0.329 e. The molecule has 1 unspecified atom stereocenters. The molecule has 1 fully saturated rings. The zero-order valence-electron chi connectivity index (χ0n) is 31.1. The third kappa shape index (κ3) is 7.72. The molecule has 2 aliphatic heterocycles. The van der Waals surface area contributed by atoms with Crippen LogP contribution in [-0.4, -0.2) is 54.9 Å². The molecule has 0 radical (unpaired) electrons. The highest BCUT2D eigenvalue weighted by Gasteiger charge is 2.31. The van der Waals surface area contributed by atoms with Crippen molar-refractivity contribution in [2.24, 2.45) is 7.05 Å². The summed E-state index contributed by atoms with van der Waals surface area (Å²) in [6.07, 6.45) is 13.0. The fourth-order valence-electron chi connectivity index (χ4n) is 7.94. The molecule has 0 spiro atoms. The first-order chi connectivity index (χ1) is 26.8. The average Bonchev–Trinajstić information content (AvgIpc) is 3.75. The number of nitrogens with zero attached hydrogens (tertiary/aromatic N) is 4. The molecule has 3 amide bonds. The first-order valence-corrected chi connectivity index (χ1v) is 19.4. The number of piperidine rings is 1. The molecule has 0 bridgehead atoms. The molecule has 55 heavy (non-hydrogen) atoms. The summed E-state index contributed by atoms with van der Waals surface area (Å²) in [6, 6.07) is 19.9. The van der Waals surface area contributed by atoms with Crippen LogP contribution in [0.1, 0.15) is 84.6 Å². The van der Waals surface area contributed by atoms with E-state index < -0.39 is 11.9 Å². The lowest BCUT2D eigenvalue weighted by molar-refractivity contribution is -0.135. The van der Waals surface area contributed by atoms with Gasteiger partial charge < -0.3 is 15.6 Å². The molecule has 8 rings (SSSR count). The number of rotatable bonds is 14. The van der Waals surface area contributed by atoms with Crippen LogP contribution >= 0.6 is 0 Å². The molecule has 6 heterocycles. The Bertz CT molecular complexity index is 2480. The predicted octanol–water partition coefficient (Wildman–Crippen LogP) is 5.88. The van der Waals surface area contributed by atoms with Crippen molar-refractivity contribution >= 4 is 39.7 Å². The van der Waals surface area contributed by atoms with Crippen molar-refractivity contribution in [1.29, 1.82) is 0 Å². The van der Waals surface area contributed by atoms with Crippen LogP contribution in [0.5, 0.6) is 0 Å². The molecule has 282 valence electrons. The zero-order chi connectivity index (χ0) is 37.9. The monoisotopic (exact) mass is 738 g/mol. The van der Waals surface area contributed by atoms with Gasteiger partial charge in [-0.15, -0.1) is 0 Å². The van der Waals surface area contributed by atoms with Gasteiger partial charge in [0.25, 0.3) is 5.91 Å². The SMILES string of the molecule is Cn1c(=O)n(C2CCC(=O)NC2=O)c2ccc(CCCCCCCCNCc3ccc4cc(-c5cc(-c6cc7c([nH]6)CCNC7=O)ccn5)cnc4c3)cc21. The minimum absolute atomic E-state index is 0.0293. The van der Waals surface area contributed by atoms with E-state index in [1.165, 1.54) is 35.0 Å². The number of nitrogens with one attached hydrogen (secondary N) is 4. The van der Waals surface area contributed by atoms with E-state index in [0.29, 0.717) is 18.5 Å². The Morgan fingerprint density at radius 1 is 0.818 bits per heavy atom.